The van der Waals surface area contributed by atoms with Gasteiger partial charge in [0.1, 0.15) is 5.52 Å². The maximum absolute atomic E-state index is 6.10. The van der Waals surface area contributed by atoms with Crippen LogP contribution in [0.5, 0.6) is 0 Å². The first-order valence-electron chi connectivity index (χ1n) is 18.0. The Morgan fingerprint density at radius 2 is 1.04 bits per heavy atom. The van der Waals surface area contributed by atoms with E-state index in [0.717, 1.165) is 67.1 Å². The predicted octanol–water partition coefficient (Wildman–Crippen LogP) is 13.1. The smallest absolute Gasteiger partial charge is 0.227 e. The van der Waals surface area contributed by atoms with Gasteiger partial charge in [-0.1, -0.05) is 109 Å². The van der Waals surface area contributed by atoms with Crippen molar-refractivity contribution in [1.29, 1.82) is 0 Å². The fraction of sp³-hybridized carbons (Fsp3) is 0. The molecule has 3 heterocycles. The van der Waals surface area contributed by atoms with Gasteiger partial charge in [0, 0.05) is 45.3 Å². The molecule has 7 aromatic carbocycles. The highest BCUT2D eigenvalue weighted by atomic mass is 16.3. The quantitative estimate of drug-likeness (QED) is 0.166. The Kier molecular flexibility index (Phi) is 7.73. The molecule has 0 bridgehead atoms. The molecule has 54 heavy (non-hydrogen) atoms. The zero-order valence-electron chi connectivity index (χ0n) is 29.2. The Labute approximate surface area is 312 Å². The molecule has 5 nitrogen and oxygen atoms in total. The first-order chi connectivity index (χ1) is 26.7. The fourth-order valence-electron chi connectivity index (χ4n) is 7.19. The van der Waals surface area contributed by atoms with Crippen LogP contribution in [0.15, 0.2) is 199 Å². The zero-order valence-corrected chi connectivity index (χ0v) is 29.2. The van der Waals surface area contributed by atoms with E-state index in [-0.39, 0.29) is 0 Å². The molecule has 254 valence electrons. The van der Waals surface area contributed by atoms with Gasteiger partial charge >= 0.3 is 0 Å². The minimum absolute atomic E-state index is 0.603. The molecule has 0 aliphatic rings. The van der Waals surface area contributed by atoms with Crippen molar-refractivity contribution in [3.63, 3.8) is 0 Å². The van der Waals surface area contributed by atoms with Crippen LogP contribution in [-0.2, 0) is 0 Å². The van der Waals surface area contributed by atoms with Crippen LogP contribution in [0, 0.1) is 0 Å². The average molecular weight is 693 g/mol. The van der Waals surface area contributed by atoms with E-state index < -0.39 is 0 Å². The van der Waals surface area contributed by atoms with Gasteiger partial charge in [0.15, 0.2) is 5.58 Å². The van der Waals surface area contributed by atoms with Gasteiger partial charge in [0.25, 0.3) is 0 Å². The van der Waals surface area contributed by atoms with Gasteiger partial charge < -0.3 is 9.32 Å². The summed E-state index contributed by atoms with van der Waals surface area (Å²) in [5, 5.41) is 3.41. The number of hydrogen-bond acceptors (Lipinski definition) is 5. The van der Waals surface area contributed by atoms with Crippen molar-refractivity contribution < 1.29 is 4.42 Å². The minimum atomic E-state index is 0.603. The second kappa shape index (κ2) is 13.3. The Morgan fingerprint density at radius 1 is 0.407 bits per heavy atom. The van der Waals surface area contributed by atoms with Crippen LogP contribution in [0.25, 0.3) is 77.9 Å². The molecule has 0 N–H and O–H groups in total. The molecule has 0 saturated heterocycles. The van der Waals surface area contributed by atoms with Crippen molar-refractivity contribution in [3.05, 3.63) is 194 Å². The number of pyridine rings is 2. The lowest BCUT2D eigenvalue weighted by atomic mass is 10.0. The molecular formula is C49H32N4O. The number of benzene rings is 7. The summed E-state index contributed by atoms with van der Waals surface area (Å²) in [5.74, 6) is 0.603. The lowest BCUT2D eigenvalue weighted by Gasteiger charge is -2.26. The molecular weight excluding hydrogens is 661 g/mol. The molecule has 0 aliphatic carbocycles. The average Bonchev–Trinajstić information content (AvgIpc) is 3.69. The molecule has 0 atom stereocenters. The van der Waals surface area contributed by atoms with Crippen LogP contribution < -0.4 is 4.90 Å². The van der Waals surface area contributed by atoms with Crippen LogP contribution in [0.4, 0.5) is 17.1 Å². The highest BCUT2D eigenvalue weighted by Gasteiger charge is 2.17. The summed E-state index contributed by atoms with van der Waals surface area (Å²) < 4.78 is 6.10. The second-order valence-electron chi connectivity index (χ2n) is 13.3. The first-order valence-corrected chi connectivity index (χ1v) is 18.0. The zero-order chi connectivity index (χ0) is 35.8. The van der Waals surface area contributed by atoms with E-state index in [1.807, 2.05) is 54.7 Å². The van der Waals surface area contributed by atoms with Crippen molar-refractivity contribution in [1.82, 2.24) is 15.0 Å². The topological polar surface area (TPSA) is 55.1 Å². The van der Waals surface area contributed by atoms with E-state index in [2.05, 4.69) is 144 Å². The van der Waals surface area contributed by atoms with E-state index >= 15 is 0 Å². The third kappa shape index (κ3) is 5.84. The van der Waals surface area contributed by atoms with E-state index in [1.165, 1.54) is 21.9 Å². The number of anilines is 3. The van der Waals surface area contributed by atoms with Gasteiger partial charge in [0.05, 0.1) is 16.9 Å². The third-order valence-electron chi connectivity index (χ3n) is 9.91. The van der Waals surface area contributed by atoms with Gasteiger partial charge in [-0.2, -0.15) is 0 Å². The highest BCUT2D eigenvalue weighted by molar-refractivity contribution is 5.95. The number of oxazole rings is 1. The van der Waals surface area contributed by atoms with E-state index in [4.69, 9.17) is 19.4 Å². The van der Waals surface area contributed by atoms with Crippen molar-refractivity contribution in [2.75, 3.05) is 4.90 Å². The lowest BCUT2D eigenvalue weighted by molar-refractivity contribution is 0.620. The molecule has 10 aromatic rings. The highest BCUT2D eigenvalue weighted by Crippen LogP contribution is 2.39. The Balaban J connectivity index is 1.05. The van der Waals surface area contributed by atoms with Gasteiger partial charge in [-0.3, -0.25) is 4.98 Å². The molecule has 10 rings (SSSR count). The molecule has 0 amide bonds. The van der Waals surface area contributed by atoms with Crippen LogP contribution in [0.1, 0.15) is 0 Å². The van der Waals surface area contributed by atoms with Crippen LogP contribution in [0.3, 0.4) is 0 Å². The van der Waals surface area contributed by atoms with Crippen molar-refractivity contribution in [2.24, 2.45) is 0 Å². The summed E-state index contributed by atoms with van der Waals surface area (Å²) in [7, 11) is 0. The SMILES string of the molecule is c1ccc(-c2ccc3cc(N(c4ccc(-c5cc6cccnc6c(-c6ccccc6)n5)cc4)c4ccc(-c5nc6ccccc6o5)cc4)ccc3c2)cc1. The summed E-state index contributed by atoms with van der Waals surface area (Å²) in [5.41, 5.74) is 12.8. The minimum Gasteiger partial charge on any atom is -0.436 e. The first kappa shape index (κ1) is 31.4. The van der Waals surface area contributed by atoms with E-state index in [0.29, 0.717) is 5.89 Å². The summed E-state index contributed by atoms with van der Waals surface area (Å²) >= 11 is 0. The van der Waals surface area contributed by atoms with Crippen molar-refractivity contribution >= 4 is 49.8 Å². The van der Waals surface area contributed by atoms with Gasteiger partial charge in [-0.15, -0.1) is 0 Å². The van der Waals surface area contributed by atoms with Gasteiger partial charge in [-0.05, 0) is 101 Å². The molecule has 0 radical (unpaired) electrons. The third-order valence-corrected chi connectivity index (χ3v) is 9.91. The standard InChI is InChI=1S/C49H32N4O/c1-3-10-33(11-4-1)37-17-18-39-31-43(28-23-38(39)30-37)53(42-26-21-36(22-27-42)49-52-44-15-7-8-16-46(44)54-49)41-24-19-34(20-25-41)45-32-40-14-9-29-50-47(40)48(51-45)35-12-5-2-6-13-35/h1-32H. The van der Waals surface area contributed by atoms with Crippen LogP contribution in [0.2, 0.25) is 0 Å². The summed E-state index contributed by atoms with van der Waals surface area (Å²) in [4.78, 5) is 16.9. The molecule has 0 aliphatic heterocycles. The van der Waals surface area contributed by atoms with Crippen molar-refractivity contribution in [2.45, 2.75) is 0 Å². The maximum Gasteiger partial charge on any atom is 0.227 e. The molecule has 0 spiro atoms. The van der Waals surface area contributed by atoms with Crippen molar-refractivity contribution in [3.8, 4) is 45.1 Å². The second-order valence-corrected chi connectivity index (χ2v) is 13.3. The maximum atomic E-state index is 6.10. The van der Waals surface area contributed by atoms with E-state index in [9.17, 15) is 0 Å². The van der Waals surface area contributed by atoms with E-state index in [1.54, 1.807) is 0 Å². The summed E-state index contributed by atoms with van der Waals surface area (Å²) in [6.45, 7) is 0. The summed E-state index contributed by atoms with van der Waals surface area (Å²) in [6.07, 6.45) is 1.83. The van der Waals surface area contributed by atoms with Gasteiger partial charge in [-0.25, -0.2) is 9.97 Å². The molecule has 0 unspecified atom stereocenters. The number of nitrogens with zero attached hydrogens (tertiary/aromatic N) is 4. The predicted molar refractivity (Wildman–Crippen MR) is 221 cm³/mol. The largest absolute Gasteiger partial charge is 0.436 e. The number of para-hydroxylation sites is 2. The Hall–Kier alpha value is -7.37. The number of rotatable bonds is 7. The molecule has 0 saturated carbocycles. The normalized spacial score (nSPS) is 11.3. The Bertz CT molecular complexity index is 2890. The van der Waals surface area contributed by atoms with Crippen LogP contribution in [-0.4, -0.2) is 15.0 Å². The lowest BCUT2D eigenvalue weighted by Crippen LogP contribution is -2.10. The fourth-order valence-corrected chi connectivity index (χ4v) is 7.19. The number of fused-ring (bicyclic) bond motifs is 3. The monoisotopic (exact) mass is 692 g/mol. The molecule has 3 aromatic heterocycles. The Morgan fingerprint density at radius 3 is 1.80 bits per heavy atom. The van der Waals surface area contributed by atoms with Crippen LogP contribution >= 0.6 is 0 Å². The number of aromatic nitrogens is 3. The van der Waals surface area contributed by atoms with Gasteiger partial charge in [0.2, 0.25) is 5.89 Å². The number of hydrogen-bond donors (Lipinski definition) is 0. The molecule has 5 heteroatoms. The molecule has 0 fully saturated rings. The summed E-state index contributed by atoms with van der Waals surface area (Å²) in [6, 6.07) is 65.2.